The fraction of sp³-hybridized carbons (Fsp3) is 0.231. The van der Waals surface area contributed by atoms with Crippen LogP contribution in [0, 0.1) is 25.7 Å². The van der Waals surface area contributed by atoms with Crippen LogP contribution in [0.5, 0.6) is 0 Å². The summed E-state index contributed by atoms with van der Waals surface area (Å²) in [5.74, 6) is 6.34. The summed E-state index contributed by atoms with van der Waals surface area (Å²) < 4.78 is 2.20. The largest absolute Gasteiger partial charge is 0.344 e. The number of hydrogen-bond donors (Lipinski definition) is 1. The molecule has 4 heterocycles. The van der Waals surface area contributed by atoms with E-state index in [9.17, 15) is 0 Å². The maximum atomic E-state index is 4.80. The molecule has 0 bridgehead atoms. The molecular weight excluding hydrogens is 396 g/mol. The molecule has 32 heavy (non-hydrogen) atoms. The predicted molar refractivity (Wildman–Crippen MR) is 127 cm³/mol. The molecule has 0 aliphatic carbocycles. The number of H-pyrrole nitrogens is 1. The van der Waals surface area contributed by atoms with E-state index in [-0.39, 0.29) is 5.54 Å². The van der Waals surface area contributed by atoms with E-state index in [1.54, 1.807) is 6.20 Å². The molecule has 0 saturated heterocycles. The van der Waals surface area contributed by atoms with Crippen molar-refractivity contribution in [3.8, 4) is 23.0 Å². The van der Waals surface area contributed by atoms with Gasteiger partial charge in [-0.15, -0.1) is 0 Å². The quantitative estimate of drug-likeness (QED) is 0.381. The summed E-state index contributed by atoms with van der Waals surface area (Å²) in [7, 11) is 0. The van der Waals surface area contributed by atoms with E-state index in [4.69, 9.17) is 4.98 Å². The summed E-state index contributed by atoms with van der Waals surface area (Å²) in [6.45, 7) is 10.5. The second-order valence-corrected chi connectivity index (χ2v) is 9.03. The number of aromatic nitrogens is 6. The monoisotopic (exact) mass is 420 g/mol. The van der Waals surface area contributed by atoms with Gasteiger partial charge in [0.15, 0.2) is 5.65 Å². The molecule has 6 heteroatoms. The van der Waals surface area contributed by atoms with Crippen molar-refractivity contribution in [3.63, 3.8) is 0 Å². The van der Waals surface area contributed by atoms with Crippen LogP contribution in [-0.2, 0) is 5.54 Å². The minimum atomic E-state index is -0.0557. The molecule has 1 N–H and O–H groups in total. The van der Waals surface area contributed by atoms with E-state index in [1.165, 1.54) is 0 Å². The van der Waals surface area contributed by atoms with Crippen LogP contribution in [0.2, 0.25) is 0 Å². The first-order valence-electron chi connectivity index (χ1n) is 10.6. The lowest BCUT2D eigenvalue weighted by Crippen LogP contribution is -2.20. The zero-order valence-electron chi connectivity index (χ0n) is 18.9. The molecule has 6 nitrogen and oxygen atoms in total. The van der Waals surface area contributed by atoms with Crippen molar-refractivity contribution in [2.75, 3.05) is 0 Å². The first-order valence-corrected chi connectivity index (χ1v) is 10.6. The van der Waals surface area contributed by atoms with Crippen molar-refractivity contribution in [1.82, 2.24) is 29.5 Å². The minimum Gasteiger partial charge on any atom is -0.344 e. The summed E-state index contributed by atoms with van der Waals surface area (Å²) in [5, 5.41) is 0. The van der Waals surface area contributed by atoms with Gasteiger partial charge in [-0.3, -0.25) is 4.98 Å². The van der Waals surface area contributed by atoms with Crippen LogP contribution < -0.4 is 0 Å². The van der Waals surface area contributed by atoms with Crippen LogP contribution in [0.3, 0.4) is 0 Å². The Morgan fingerprint density at radius 1 is 0.938 bits per heavy atom. The van der Waals surface area contributed by atoms with Gasteiger partial charge in [0.25, 0.3) is 0 Å². The first kappa shape index (κ1) is 20.0. The Bertz CT molecular complexity index is 1520. The smallest absolute Gasteiger partial charge is 0.156 e. The molecule has 0 atom stereocenters. The van der Waals surface area contributed by atoms with E-state index in [0.29, 0.717) is 5.69 Å². The minimum absolute atomic E-state index is 0.0557. The third-order valence-electron chi connectivity index (χ3n) is 5.38. The number of nitrogens with one attached hydrogen (secondary N) is 1. The summed E-state index contributed by atoms with van der Waals surface area (Å²) in [6.07, 6.45) is 5.56. The molecular formula is C26H24N6. The van der Waals surface area contributed by atoms with Crippen molar-refractivity contribution >= 4 is 22.2 Å². The van der Waals surface area contributed by atoms with E-state index in [0.717, 1.165) is 50.3 Å². The lowest BCUT2D eigenvalue weighted by Gasteiger charge is -2.21. The number of benzene rings is 1. The van der Waals surface area contributed by atoms with Crippen LogP contribution in [0.1, 0.15) is 43.4 Å². The van der Waals surface area contributed by atoms with Crippen molar-refractivity contribution < 1.29 is 0 Å². The van der Waals surface area contributed by atoms with E-state index < -0.39 is 0 Å². The Kier molecular flexibility index (Phi) is 4.56. The van der Waals surface area contributed by atoms with E-state index >= 15 is 0 Å². The molecule has 5 aromatic rings. The second-order valence-electron chi connectivity index (χ2n) is 9.03. The Labute approximate surface area is 186 Å². The van der Waals surface area contributed by atoms with Crippen LogP contribution in [-0.4, -0.2) is 29.5 Å². The van der Waals surface area contributed by atoms with Crippen LogP contribution >= 0.6 is 0 Å². The van der Waals surface area contributed by atoms with Crippen LogP contribution in [0.4, 0.5) is 0 Å². The molecule has 1 aromatic carbocycles. The number of imidazole rings is 1. The lowest BCUT2D eigenvalue weighted by molar-refractivity contribution is 0.408. The van der Waals surface area contributed by atoms with Crippen molar-refractivity contribution in [2.24, 2.45) is 0 Å². The topological polar surface area (TPSA) is 72.3 Å². The van der Waals surface area contributed by atoms with Crippen molar-refractivity contribution in [2.45, 2.75) is 40.2 Å². The molecule has 0 aliphatic heterocycles. The Balaban J connectivity index is 1.58. The van der Waals surface area contributed by atoms with Gasteiger partial charge < -0.3 is 9.55 Å². The molecule has 0 spiro atoms. The zero-order valence-corrected chi connectivity index (χ0v) is 18.9. The number of rotatable bonds is 1. The number of fused-ring (bicyclic) bond motifs is 2. The zero-order chi connectivity index (χ0) is 22.5. The van der Waals surface area contributed by atoms with Gasteiger partial charge in [-0.1, -0.05) is 12.0 Å². The Hall–Kier alpha value is -3.98. The van der Waals surface area contributed by atoms with Gasteiger partial charge in [-0.25, -0.2) is 15.0 Å². The Morgan fingerprint density at radius 2 is 1.72 bits per heavy atom. The second kappa shape index (κ2) is 7.31. The maximum absolute atomic E-state index is 4.80. The van der Waals surface area contributed by atoms with E-state index in [2.05, 4.69) is 75.3 Å². The first-order chi connectivity index (χ1) is 15.3. The average Bonchev–Trinajstić information content (AvgIpc) is 3.34. The number of pyridine rings is 1. The summed E-state index contributed by atoms with van der Waals surface area (Å²) in [5.41, 5.74) is 9.08. The molecule has 0 saturated carbocycles. The molecule has 4 aromatic heterocycles. The molecule has 0 radical (unpaired) electrons. The molecule has 0 aliphatic rings. The highest BCUT2D eigenvalue weighted by Crippen LogP contribution is 2.30. The number of nitrogens with zero attached hydrogens (tertiary/aromatic N) is 5. The molecule has 0 fully saturated rings. The summed E-state index contributed by atoms with van der Waals surface area (Å²) in [4.78, 5) is 21.5. The predicted octanol–water partition coefficient (Wildman–Crippen LogP) is 5.14. The van der Waals surface area contributed by atoms with Gasteiger partial charge in [-0.05, 0) is 70.4 Å². The Morgan fingerprint density at radius 3 is 2.47 bits per heavy atom. The SMILES string of the molecule is Cc1cc(C#Cc2cnc3[nH]cc(-c4ccc5ncn(C(C)(C)C)c5c4)c3n2)cc(C)n1. The van der Waals surface area contributed by atoms with Gasteiger partial charge in [-0.2, -0.15) is 0 Å². The van der Waals surface area contributed by atoms with Crippen LogP contribution in [0.25, 0.3) is 33.3 Å². The molecule has 5 rings (SSSR count). The highest BCUT2D eigenvalue weighted by atomic mass is 15.1. The molecule has 158 valence electrons. The maximum Gasteiger partial charge on any atom is 0.156 e. The molecule has 0 unspecified atom stereocenters. The highest BCUT2D eigenvalue weighted by molar-refractivity contribution is 5.93. The summed E-state index contributed by atoms with van der Waals surface area (Å²) >= 11 is 0. The number of aryl methyl sites for hydroxylation is 2. The van der Waals surface area contributed by atoms with Crippen molar-refractivity contribution in [3.05, 3.63) is 71.7 Å². The fourth-order valence-electron chi connectivity index (χ4n) is 3.92. The lowest BCUT2D eigenvalue weighted by atomic mass is 10.1. The van der Waals surface area contributed by atoms with E-state index in [1.807, 2.05) is 38.5 Å². The van der Waals surface area contributed by atoms with Gasteiger partial charge >= 0.3 is 0 Å². The average molecular weight is 421 g/mol. The van der Waals surface area contributed by atoms with Crippen molar-refractivity contribution in [1.29, 1.82) is 0 Å². The number of hydrogen-bond acceptors (Lipinski definition) is 4. The van der Waals surface area contributed by atoms with Gasteiger partial charge in [0, 0.05) is 34.3 Å². The third-order valence-corrected chi connectivity index (χ3v) is 5.38. The fourth-order valence-corrected chi connectivity index (χ4v) is 3.92. The van der Waals surface area contributed by atoms with Gasteiger partial charge in [0.2, 0.25) is 0 Å². The number of aromatic amines is 1. The standard InChI is InChI=1S/C26H24N6/c1-16-10-18(11-17(2)30-16)6-8-20-13-27-25-24(31-20)21(14-28-25)19-7-9-22-23(12-19)32(15-29-22)26(3,4)5/h7,9-15H,1-5H3,(H,27,28). The highest BCUT2D eigenvalue weighted by Gasteiger charge is 2.17. The normalized spacial score (nSPS) is 11.7. The third kappa shape index (κ3) is 3.63. The van der Waals surface area contributed by atoms with Crippen LogP contribution in [0.15, 0.2) is 49.1 Å². The molecule has 0 amide bonds. The van der Waals surface area contributed by atoms with Gasteiger partial charge in [0.05, 0.1) is 23.6 Å². The van der Waals surface area contributed by atoms with Gasteiger partial charge in [0.1, 0.15) is 11.2 Å². The summed E-state index contributed by atoms with van der Waals surface area (Å²) in [6, 6.07) is 10.2.